The minimum Gasteiger partial charge on any atom is -0.338 e. The molecule has 16 heavy (non-hydrogen) atoms. The third-order valence-electron chi connectivity index (χ3n) is 2.60. The van der Waals surface area contributed by atoms with E-state index >= 15 is 0 Å². The van der Waals surface area contributed by atoms with Crippen LogP contribution in [0.1, 0.15) is 45.3 Å². The highest BCUT2D eigenvalue weighted by molar-refractivity contribution is 4.90. The smallest absolute Gasteiger partial charge is 0.240 e. The molecule has 0 atom stereocenters. The third kappa shape index (κ3) is 3.93. The molecule has 0 spiro atoms. The van der Waals surface area contributed by atoms with Gasteiger partial charge in [-0.1, -0.05) is 25.9 Å². The van der Waals surface area contributed by atoms with E-state index in [1.165, 1.54) is 12.8 Å². The molecule has 90 valence electrons. The van der Waals surface area contributed by atoms with Gasteiger partial charge in [-0.25, -0.2) is 0 Å². The first-order valence-electron chi connectivity index (χ1n) is 6.05. The highest BCUT2D eigenvalue weighted by Gasteiger charge is 2.21. The summed E-state index contributed by atoms with van der Waals surface area (Å²) in [7, 11) is 0. The summed E-state index contributed by atoms with van der Waals surface area (Å²) in [6.07, 6.45) is 3.59. The predicted octanol–water partition coefficient (Wildman–Crippen LogP) is 2.16. The van der Waals surface area contributed by atoms with E-state index in [9.17, 15) is 0 Å². The Kier molecular flexibility index (Phi) is 3.28. The minimum atomic E-state index is 0.211. The molecule has 4 nitrogen and oxygen atoms in total. The fraction of sp³-hybridized carbons (Fsp3) is 0.833. The third-order valence-corrected chi connectivity index (χ3v) is 2.60. The van der Waals surface area contributed by atoms with Gasteiger partial charge in [-0.3, -0.25) is 0 Å². The van der Waals surface area contributed by atoms with Gasteiger partial charge in [-0.05, 0) is 30.7 Å². The number of hydrogen-bond donors (Lipinski definition) is 1. The molecular formula is C12H21N3O. The Morgan fingerprint density at radius 2 is 2.12 bits per heavy atom. The molecule has 0 aromatic carbocycles. The fourth-order valence-electron chi connectivity index (χ4n) is 1.61. The first kappa shape index (κ1) is 11.6. The van der Waals surface area contributed by atoms with Crippen LogP contribution in [0.5, 0.6) is 0 Å². The van der Waals surface area contributed by atoms with Crippen LogP contribution in [-0.2, 0) is 13.0 Å². The van der Waals surface area contributed by atoms with Crippen molar-refractivity contribution in [3.8, 4) is 0 Å². The lowest BCUT2D eigenvalue weighted by Gasteiger charge is -2.14. The van der Waals surface area contributed by atoms with E-state index in [0.717, 1.165) is 24.7 Å². The average molecular weight is 223 g/mol. The maximum atomic E-state index is 5.19. The zero-order valence-electron chi connectivity index (χ0n) is 10.4. The van der Waals surface area contributed by atoms with Gasteiger partial charge in [0.15, 0.2) is 5.82 Å². The first-order chi connectivity index (χ1) is 7.53. The van der Waals surface area contributed by atoms with Crippen molar-refractivity contribution in [2.45, 2.75) is 46.6 Å². The van der Waals surface area contributed by atoms with Gasteiger partial charge in [0.1, 0.15) is 0 Å². The van der Waals surface area contributed by atoms with Crippen LogP contribution in [0.4, 0.5) is 0 Å². The number of nitrogens with one attached hydrogen (secondary N) is 1. The second kappa shape index (κ2) is 4.53. The molecule has 1 fully saturated rings. The number of nitrogens with zero attached hydrogens (tertiary/aromatic N) is 2. The van der Waals surface area contributed by atoms with Gasteiger partial charge in [0, 0.05) is 6.42 Å². The van der Waals surface area contributed by atoms with Gasteiger partial charge in [-0.15, -0.1) is 0 Å². The number of aromatic nitrogens is 2. The quantitative estimate of drug-likeness (QED) is 0.831. The topological polar surface area (TPSA) is 51.0 Å². The lowest BCUT2D eigenvalue weighted by atomic mass is 9.92. The zero-order chi connectivity index (χ0) is 11.6. The van der Waals surface area contributed by atoms with Crippen molar-refractivity contribution < 1.29 is 4.52 Å². The number of hydrogen-bond acceptors (Lipinski definition) is 4. The molecule has 1 aliphatic rings. The van der Waals surface area contributed by atoms with Crippen LogP contribution in [-0.4, -0.2) is 16.7 Å². The van der Waals surface area contributed by atoms with E-state index in [1.807, 2.05) is 0 Å². The van der Waals surface area contributed by atoms with Gasteiger partial charge in [0.05, 0.1) is 6.54 Å². The fourth-order valence-corrected chi connectivity index (χ4v) is 1.61. The molecule has 0 saturated heterocycles. The van der Waals surface area contributed by atoms with Crippen LogP contribution in [0.15, 0.2) is 4.52 Å². The molecule has 1 aromatic rings. The van der Waals surface area contributed by atoms with Gasteiger partial charge >= 0.3 is 0 Å². The van der Waals surface area contributed by atoms with Crippen LogP contribution >= 0.6 is 0 Å². The van der Waals surface area contributed by atoms with Crippen molar-refractivity contribution in [1.29, 1.82) is 0 Å². The lowest BCUT2D eigenvalue weighted by Crippen LogP contribution is -2.16. The van der Waals surface area contributed by atoms with Crippen molar-refractivity contribution >= 4 is 0 Å². The molecule has 4 heteroatoms. The van der Waals surface area contributed by atoms with E-state index in [0.29, 0.717) is 12.4 Å². The summed E-state index contributed by atoms with van der Waals surface area (Å²) in [4.78, 5) is 4.37. The largest absolute Gasteiger partial charge is 0.338 e. The minimum absolute atomic E-state index is 0.211. The maximum absolute atomic E-state index is 5.19. The van der Waals surface area contributed by atoms with E-state index in [1.54, 1.807) is 0 Å². The van der Waals surface area contributed by atoms with Gasteiger partial charge in [0.25, 0.3) is 0 Å². The van der Waals surface area contributed by atoms with E-state index < -0.39 is 0 Å². The van der Waals surface area contributed by atoms with E-state index in [4.69, 9.17) is 4.52 Å². The Bertz CT molecular complexity index is 336. The summed E-state index contributed by atoms with van der Waals surface area (Å²) in [5, 5.41) is 7.33. The summed E-state index contributed by atoms with van der Waals surface area (Å²) in [5.41, 5.74) is 0.211. The highest BCUT2D eigenvalue weighted by atomic mass is 16.5. The van der Waals surface area contributed by atoms with Crippen LogP contribution in [0.3, 0.4) is 0 Å². The summed E-state index contributed by atoms with van der Waals surface area (Å²) in [5.74, 6) is 2.41. The normalized spacial score (nSPS) is 16.7. The van der Waals surface area contributed by atoms with Gasteiger partial charge < -0.3 is 9.84 Å². The predicted molar refractivity (Wildman–Crippen MR) is 61.9 cm³/mol. The van der Waals surface area contributed by atoms with Crippen LogP contribution in [0, 0.1) is 11.3 Å². The Hall–Kier alpha value is -0.900. The Labute approximate surface area is 96.8 Å². The average Bonchev–Trinajstić information content (AvgIpc) is 2.86. The molecule has 2 rings (SSSR count). The van der Waals surface area contributed by atoms with Crippen LogP contribution < -0.4 is 5.32 Å². The van der Waals surface area contributed by atoms with Crippen molar-refractivity contribution in [3.63, 3.8) is 0 Å². The number of rotatable bonds is 5. The van der Waals surface area contributed by atoms with E-state index in [-0.39, 0.29) is 5.41 Å². The Morgan fingerprint density at radius 3 is 2.75 bits per heavy atom. The molecule has 1 heterocycles. The Balaban J connectivity index is 1.77. The molecule has 1 aliphatic carbocycles. The molecule has 1 N–H and O–H groups in total. The van der Waals surface area contributed by atoms with Crippen molar-refractivity contribution in [2.24, 2.45) is 11.3 Å². The SMILES string of the molecule is CC(C)(C)Cc1noc(CNCC2CC2)n1. The van der Waals surface area contributed by atoms with E-state index in [2.05, 4.69) is 36.2 Å². The zero-order valence-corrected chi connectivity index (χ0v) is 10.4. The second-order valence-corrected chi connectivity index (χ2v) is 5.92. The molecule has 0 amide bonds. The molecule has 0 unspecified atom stereocenters. The summed E-state index contributed by atoms with van der Waals surface area (Å²) < 4.78 is 5.19. The van der Waals surface area contributed by atoms with Crippen molar-refractivity contribution in [1.82, 2.24) is 15.5 Å². The Morgan fingerprint density at radius 1 is 1.38 bits per heavy atom. The molecule has 1 saturated carbocycles. The van der Waals surface area contributed by atoms with Crippen LogP contribution in [0.2, 0.25) is 0 Å². The molecule has 1 aromatic heterocycles. The molecule has 0 aliphatic heterocycles. The standard InChI is InChI=1S/C12H21N3O/c1-12(2,3)6-10-14-11(16-15-10)8-13-7-9-4-5-9/h9,13H,4-8H2,1-3H3. The highest BCUT2D eigenvalue weighted by Crippen LogP contribution is 2.27. The molecular weight excluding hydrogens is 202 g/mol. The second-order valence-electron chi connectivity index (χ2n) is 5.92. The van der Waals surface area contributed by atoms with Gasteiger partial charge in [0.2, 0.25) is 5.89 Å². The first-order valence-corrected chi connectivity index (χ1v) is 6.05. The van der Waals surface area contributed by atoms with Crippen molar-refractivity contribution in [3.05, 3.63) is 11.7 Å². The summed E-state index contributed by atoms with van der Waals surface area (Å²) >= 11 is 0. The van der Waals surface area contributed by atoms with Crippen molar-refractivity contribution in [2.75, 3.05) is 6.54 Å². The molecule has 0 radical (unpaired) electrons. The summed E-state index contributed by atoms with van der Waals surface area (Å²) in [6.45, 7) is 8.31. The van der Waals surface area contributed by atoms with Gasteiger partial charge in [-0.2, -0.15) is 4.98 Å². The monoisotopic (exact) mass is 223 g/mol. The maximum Gasteiger partial charge on any atom is 0.240 e. The lowest BCUT2D eigenvalue weighted by molar-refractivity contribution is 0.348. The molecule has 0 bridgehead atoms. The van der Waals surface area contributed by atoms with Crippen LogP contribution in [0.25, 0.3) is 0 Å². The summed E-state index contributed by atoms with van der Waals surface area (Å²) in [6, 6.07) is 0.